The van der Waals surface area contributed by atoms with Crippen molar-refractivity contribution in [1.29, 1.82) is 0 Å². The highest BCUT2D eigenvalue weighted by Gasteiger charge is 2.11. The van der Waals surface area contributed by atoms with Crippen LogP contribution in [0.5, 0.6) is 5.75 Å². The molecule has 0 saturated heterocycles. The van der Waals surface area contributed by atoms with Gasteiger partial charge in [0.25, 0.3) is 0 Å². The molecule has 0 aliphatic heterocycles. The summed E-state index contributed by atoms with van der Waals surface area (Å²) < 4.78 is 10.0. The lowest BCUT2D eigenvalue weighted by atomic mass is 10.2. The SMILES string of the molecule is CCOC(=O)Nc1nc(CC(=O)NCc2ccccc2OC)cs1. The van der Waals surface area contributed by atoms with E-state index in [2.05, 4.69) is 15.6 Å². The molecule has 0 spiro atoms. The van der Waals surface area contributed by atoms with Crippen molar-refractivity contribution in [2.24, 2.45) is 0 Å². The fourth-order valence-corrected chi connectivity index (χ4v) is 2.67. The monoisotopic (exact) mass is 349 g/mol. The van der Waals surface area contributed by atoms with E-state index in [0.29, 0.717) is 17.4 Å². The second-order valence-corrected chi connectivity index (χ2v) is 5.61. The van der Waals surface area contributed by atoms with E-state index in [0.717, 1.165) is 11.3 Å². The molecule has 1 heterocycles. The Bertz CT molecular complexity index is 702. The number of thiazole rings is 1. The highest BCUT2D eigenvalue weighted by molar-refractivity contribution is 7.13. The minimum Gasteiger partial charge on any atom is -0.496 e. The van der Waals surface area contributed by atoms with Crippen LogP contribution in [0, 0.1) is 0 Å². The number of nitrogens with one attached hydrogen (secondary N) is 2. The van der Waals surface area contributed by atoms with Crippen molar-refractivity contribution in [3.8, 4) is 5.75 Å². The number of hydrogen-bond acceptors (Lipinski definition) is 6. The highest BCUT2D eigenvalue weighted by Crippen LogP contribution is 2.18. The zero-order valence-electron chi connectivity index (χ0n) is 13.5. The first-order valence-corrected chi connectivity index (χ1v) is 8.27. The molecule has 1 aromatic carbocycles. The third-order valence-corrected chi connectivity index (χ3v) is 3.85. The van der Waals surface area contributed by atoms with Crippen molar-refractivity contribution in [2.75, 3.05) is 19.0 Å². The maximum Gasteiger partial charge on any atom is 0.413 e. The summed E-state index contributed by atoms with van der Waals surface area (Å²) >= 11 is 1.24. The van der Waals surface area contributed by atoms with Gasteiger partial charge in [-0.15, -0.1) is 11.3 Å². The van der Waals surface area contributed by atoms with Gasteiger partial charge in [-0.2, -0.15) is 0 Å². The van der Waals surface area contributed by atoms with E-state index in [1.54, 1.807) is 19.4 Å². The van der Waals surface area contributed by atoms with Crippen LogP contribution in [0.1, 0.15) is 18.2 Å². The number of para-hydroxylation sites is 1. The molecule has 7 nitrogen and oxygen atoms in total. The van der Waals surface area contributed by atoms with Gasteiger partial charge in [0.1, 0.15) is 5.75 Å². The van der Waals surface area contributed by atoms with Crippen LogP contribution in [-0.2, 0) is 22.5 Å². The molecule has 0 bridgehead atoms. The molecular formula is C16H19N3O4S. The Kier molecular flexibility index (Phi) is 6.56. The molecule has 2 aromatic rings. The van der Waals surface area contributed by atoms with Gasteiger partial charge in [-0.25, -0.2) is 9.78 Å². The Morgan fingerprint density at radius 3 is 2.83 bits per heavy atom. The van der Waals surface area contributed by atoms with Crippen molar-refractivity contribution in [3.05, 3.63) is 40.9 Å². The van der Waals surface area contributed by atoms with Gasteiger partial charge in [0.05, 0.1) is 25.8 Å². The number of aromatic nitrogens is 1. The predicted molar refractivity (Wildman–Crippen MR) is 91.3 cm³/mol. The van der Waals surface area contributed by atoms with Crippen molar-refractivity contribution in [3.63, 3.8) is 0 Å². The molecule has 0 atom stereocenters. The number of carbonyl (C=O) groups is 2. The summed E-state index contributed by atoms with van der Waals surface area (Å²) in [4.78, 5) is 27.5. The predicted octanol–water partition coefficient (Wildman–Crippen LogP) is 2.58. The molecule has 0 fully saturated rings. The number of anilines is 1. The van der Waals surface area contributed by atoms with Crippen molar-refractivity contribution < 1.29 is 19.1 Å². The number of methoxy groups -OCH3 is 1. The van der Waals surface area contributed by atoms with Crippen molar-refractivity contribution in [2.45, 2.75) is 19.9 Å². The molecule has 0 aliphatic carbocycles. The average molecular weight is 349 g/mol. The number of rotatable bonds is 7. The lowest BCUT2D eigenvalue weighted by Crippen LogP contribution is -2.25. The number of ether oxygens (including phenoxy) is 2. The molecule has 0 aliphatic rings. The van der Waals surface area contributed by atoms with E-state index >= 15 is 0 Å². The van der Waals surface area contributed by atoms with Crippen LogP contribution in [0.4, 0.5) is 9.93 Å². The van der Waals surface area contributed by atoms with Crippen molar-refractivity contribution in [1.82, 2.24) is 10.3 Å². The molecule has 8 heteroatoms. The minimum atomic E-state index is -0.556. The second kappa shape index (κ2) is 8.88. The Labute approximate surface area is 144 Å². The van der Waals surface area contributed by atoms with E-state index in [1.807, 2.05) is 24.3 Å². The number of hydrogen-bond donors (Lipinski definition) is 2. The summed E-state index contributed by atoms with van der Waals surface area (Å²) in [6.45, 7) is 2.38. The number of nitrogens with zero attached hydrogens (tertiary/aromatic N) is 1. The number of benzene rings is 1. The smallest absolute Gasteiger partial charge is 0.413 e. The lowest BCUT2D eigenvalue weighted by Gasteiger charge is -2.09. The summed E-state index contributed by atoms with van der Waals surface area (Å²) in [5.41, 5.74) is 1.49. The van der Waals surface area contributed by atoms with E-state index in [4.69, 9.17) is 9.47 Å². The van der Waals surface area contributed by atoms with Gasteiger partial charge in [-0.3, -0.25) is 10.1 Å². The zero-order valence-corrected chi connectivity index (χ0v) is 14.3. The Morgan fingerprint density at radius 2 is 2.08 bits per heavy atom. The third-order valence-electron chi connectivity index (χ3n) is 3.05. The third kappa shape index (κ3) is 5.24. The molecule has 0 unspecified atom stereocenters. The first-order valence-electron chi connectivity index (χ1n) is 7.39. The lowest BCUT2D eigenvalue weighted by molar-refractivity contribution is -0.120. The van der Waals surface area contributed by atoms with E-state index in [1.165, 1.54) is 11.3 Å². The standard InChI is InChI=1S/C16H19N3O4S/c1-3-23-16(21)19-15-18-12(10-24-15)8-14(20)17-9-11-6-4-5-7-13(11)22-2/h4-7,10H,3,8-9H2,1-2H3,(H,17,20)(H,18,19,21). The first-order chi connectivity index (χ1) is 11.6. The van der Waals surface area contributed by atoms with Crippen LogP contribution in [0.2, 0.25) is 0 Å². The van der Waals surface area contributed by atoms with Crippen LogP contribution >= 0.6 is 11.3 Å². The van der Waals surface area contributed by atoms with Crippen molar-refractivity contribution >= 4 is 28.5 Å². The van der Waals surface area contributed by atoms with Crippen LogP contribution < -0.4 is 15.4 Å². The molecule has 0 radical (unpaired) electrons. The van der Waals surface area contributed by atoms with Gasteiger partial charge in [0, 0.05) is 17.5 Å². The molecule has 2 N–H and O–H groups in total. The normalized spacial score (nSPS) is 10.1. The van der Waals surface area contributed by atoms with Gasteiger partial charge in [-0.05, 0) is 13.0 Å². The van der Waals surface area contributed by atoms with Gasteiger partial charge in [0.2, 0.25) is 5.91 Å². The van der Waals surface area contributed by atoms with Gasteiger partial charge >= 0.3 is 6.09 Å². The fraction of sp³-hybridized carbons (Fsp3) is 0.312. The van der Waals surface area contributed by atoms with E-state index in [-0.39, 0.29) is 18.9 Å². The topological polar surface area (TPSA) is 89.5 Å². The second-order valence-electron chi connectivity index (χ2n) is 4.75. The number of carbonyl (C=O) groups excluding carboxylic acids is 2. The van der Waals surface area contributed by atoms with Crippen LogP contribution in [0.25, 0.3) is 0 Å². The molecule has 1 aromatic heterocycles. The Balaban J connectivity index is 1.84. The highest BCUT2D eigenvalue weighted by atomic mass is 32.1. The zero-order chi connectivity index (χ0) is 17.4. The van der Waals surface area contributed by atoms with Gasteiger partial charge < -0.3 is 14.8 Å². The Morgan fingerprint density at radius 1 is 1.29 bits per heavy atom. The maximum atomic E-state index is 12.0. The quantitative estimate of drug-likeness (QED) is 0.802. The molecule has 0 saturated carbocycles. The maximum absolute atomic E-state index is 12.0. The number of amides is 2. The van der Waals surface area contributed by atoms with Gasteiger partial charge in [-0.1, -0.05) is 18.2 Å². The van der Waals surface area contributed by atoms with Crippen LogP contribution in [0.3, 0.4) is 0 Å². The molecular weight excluding hydrogens is 330 g/mol. The molecule has 2 rings (SSSR count). The minimum absolute atomic E-state index is 0.135. The molecule has 2 amide bonds. The average Bonchev–Trinajstić information content (AvgIpc) is 3.00. The Hall–Kier alpha value is -2.61. The first kappa shape index (κ1) is 17.7. The summed E-state index contributed by atoms with van der Waals surface area (Å²) in [6.07, 6.45) is -0.421. The largest absolute Gasteiger partial charge is 0.496 e. The summed E-state index contributed by atoms with van der Waals surface area (Å²) in [5.74, 6) is 0.571. The fourth-order valence-electron chi connectivity index (χ4n) is 1.97. The summed E-state index contributed by atoms with van der Waals surface area (Å²) in [5, 5.41) is 7.46. The molecule has 128 valence electrons. The summed E-state index contributed by atoms with van der Waals surface area (Å²) in [7, 11) is 1.59. The molecule has 24 heavy (non-hydrogen) atoms. The van der Waals surface area contributed by atoms with Gasteiger partial charge in [0.15, 0.2) is 5.13 Å². The van der Waals surface area contributed by atoms with E-state index in [9.17, 15) is 9.59 Å². The van der Waals surface area contributed by atoms with Crippen LogP contribution in [-0.4, -0.2) is 30.7 Å². The van der Waals surface area contributed by atoms with Crippen LogP contribution in [0.15, 0.2) is 29.6 Å². The summed E-state index contributed by atoms with van der Waals surface area (Å²) in [6, 6.07) is 7.49. The van der Waals surface area contributed by atoms with E-state index < -0.39 is 6.09 Å².